The summed E-state index contributed by atoms with van der Waals surface area (Å²) in [6.45, 7) is 5.51. The number of carbonyl (C=O) groups excluding carboxylic acids is 5. The maximum atomic E-state index is 13.4. The minimum atomic E-state index is -1.35. The zero-order valence-corrected chi connectivity index (χ0v) is 21.4. The number of likely N-dealkylation sites (N-methyl/N-ethyl adjacent to an activating group) is 1. The summed E-state index contributed by atoms with van der Waals surface area (Å²) in [5.74, 6) is -4.67. The Morgan fingerprint density at radius 3 is 2.32 bits per heavy atom. The van der Waals surface area contributed by atoms with Gasteiger partial charge in [0.25, 0.3) is 0 Å². The monoisotopic (exact) mass is 534 g/mol. The smallest absolute Gasteiger partial charge is 0.325 e. The van der Waals surface area contributed by atoms with E-state index in [-0.39, 0.29) is 13.1 Å². The van der Waals surface area contributed by atoms with Gasteiger partial charge in [0.05, 0.1) is 5.37 Å². The lowest BCUT2D eigenvalue weighted by atomic mass is 10.0. The molecule has 0 aromatic heterocycles. The van der Waals surface area contributed by atoms with Gasteiger partial charge >= 0.3 is 23.8 Å². The summed E-state index contributed by atoms with van der Waals surface area (Å²) >= 11 is 1.14. The molecule has 2 heterocycles. The molecule has 0 saturated carbocycles. The number of benzene rings is 1. The summed E-state index contributed by atoms with van der Waals surface area (Å²) in [6, 6.07) is 3.48. The van der Waals surface area contributed by atoms with Crippen molar-refractivity contribution in [1.82, 2.24) is 25.8 Å². The van der Waals surface area contributed by atoms with Gasteiger partial charge < -0.3 is 26.4 Å². The molecule has 0 radical (unpaired) electrons. The molecular formula is C23H30N6O7S. The van der Waals surface area contributed by atoms with Crippen molar-refractivity contribution in [3.8, 4) is 0 Å². The number of piperazine rings is 1. The van der Waals surface area contributed by atoms with Crippen molar-refractivity contribution >= 4 is 47.4 Å². The van der Waals surface area contributed by atoms with E-state index < -0.39 is 63.9 Å². The summed E-state index contributed by atoms with van der Waals surface area (Å²) in [5, 5.41) is 16.5. The molecule has 4 atom stereocenters. The molecular weight excluding hydrogens is 504 g/mol. The second-order valence-corrected chi connectivity index (χ2v) is 10.9. The van der Waals surface area contributed by atoms with E-state index in [0.717, 1.165) is 16.7 Å². The summed E-state index contributed by atoms with van der Waals surface area (Å²) < 4.78 is -0.810. The number of hydrogen-bond acceptors (Lipinski definition) is 8. The maximum absolute atomic E-state index is 13.4. The summed E-state index contributed by atoms with van der Waals surface area (Å²) in [7, 11) is 0. The number of rotatable bonds is 8. The fraction of sp³-hybridized carbons (Fsp3) is 0.478. The third-order valence-electron chi connectivity index (χ3n) is 6.21. The lowest BCUT2D eigenvalue weighted by Crippen LogP contribution is -2.60. The molecule has 37 heavy (non-hydrogen) atoms. The first-order valence-electron chi connectivity index (χ1n) is 11.6. The number of urea groups is 1. The van der Waals surface area contributed by atoms with Crippen molar-refractivity contribution in [3.05, 3.63) is 35.9 Å². The standard InChI is InChI=1S/C23H30N6O7S/c1-4-28-10-11-29(20(33)19(28)32)22(36)26-13(12-8-6-5-7-9-12)17(31)25-14(16(24)30)18-27-15(21(34)35)23(2,3)37-18/h5-9,13-15,18,27H,4,10-11H2,1-3H3,(H2,24,30)(H,25,31)(H,26,36)(H,34,35)/t13-,14?,15+,18?/m1/s1. The van der Waals surface area contributed by atoms with Crippen LogP contribution < -0.4 is 21.7 Å². The van der Waals surface area contributed by atoms with E-state index >= 15 is 0 Å². The number of carbonyl (C=O) groups is 6. The Kier molecular flexibility index (Phi) is 8.43. The molecule has 2 fully saturated rings. The van der Waals surface area contributed by atoms with Gasteiger partial charge in [0, 0.05) is 24.4 Å². The first-order chi connectivity index (χ1) is 17.4. The zero-order valence-electron chi connectivity index (χ0n) is 20.6. The van der Waals surface area contributed by atoms with Crippen LogP contribution in [0.4, 0.5) is 4.79 Å². The predicted molar refractivity (Wildman–Crippen MR) is 133 cm³/mol. The number of nitrogens with zero attached hydrogens (tertiary/aromatic N) is 2. The summed E-state index contributed by atoms with van der Waals surface area (Å²) in [4.78, 5) is 77.1. The molecule has 0 spiro atoms. The average molecular weight is 535 g/mol. The number of carboxylic acids is 1. The second kappa shape index (κ2) is 11.2. The molecule has 6 N–H and O–H groups in total. The molecule has 13 nitrogen and oxygen atoms in total. The van der Waals surface area contributed by atoms with E-state index in [1.54, 1.807) is 51.1 Å². The van der Waals surface area contributed by atoms with Gasteiger partial charge in [0.15, 0.2) is 0 Å². The van der Waals surface area contributed by atoms with Crippen molar-refractivity contribution in [2.75, 3.05) is 19.6 Å². The molecule has 2 aliphatic rings. The number of imide groups is 1. The molecule has 2 unspecified atom stereocenters. The van der Waals surface area contributed by atoms with Gasteiger partial charge in [-0.05, 0) is 26.3 Å². The highest BCUT2D eigenvalue weighted by atomic mass is 32.2. The van der Waals surface area contributed by atoms with E-state index in [1.165, 1.54) is 4.90 Å². The van der Waals surface area contributed by atoms with E-state index in [0.29, 0.717) is 12.1 Å². The van der Waals surface area contributed by atoms with Crippen LogP contribution in [0.2, 0.25) is 0 Å². The third kappa shape index (κ3) is 6.02. The van der Waals surface area contributed by atoms with Crippen LogP contribution in [0.25, 0.3) is 0 Å². The fourth-order valence-electron chi connectivity index (χ4n) is 4.18. The van der Waals surface area contributed by atoms with Gasteiger partial charge in [-0.3, -0.25) is 34.2 Å². The largest absolute Gasteiger partial charge is 0.480 e. The molecule has 1 aromatic carbocycles. The van der Waals surface area contributed by atoms with Gasteiger partial charge in [-0.2, -0.15) is 0 Å². The highest BCUT2D eigenvalue weighted by molar-refractivity contribution is 8.01. The van der Waals surface area contributed by atoms with Crippen molar-refractivity contribution < 1.29 is 33.9 Å². The van der Waals surface area contributed by atoms with Crippen molar-refractivity contribution in [2.24, 2.45) is 5.73 Å². The van der Waals surface area contributed by atoms with Crippen LogP contribution in [0.15, 0.2) is 30.3 Å². The number of amides is 6. The van der Waals surface area contributed by atoms with Crippen molar-refractivity contribution in [1.29, 1.82) is 0 Å². The molecule has 14 heteroatoms. The van der Waals surface area contributed by atoms with Crippen LogP contribution in [0.5, 0.6) is 0 Å². The second-order valence-electron chi connectivity index (χ2n) is 9.10. The van der Waals surface area contributed by atoms with Gasteiger partial charge in [-0.1, -0.05) is 30.3 Å². The van der Waals surface area contributed by atoms with Crippen LogP contribution >= 0.6 is 11.8 Å². The molecule has 2 aliphatic heterocycles. The van der Waals surface area contributed by atoms with E-state index in [9.17, 15) is 33.9 Å². The number of nitrogens with two attached hydrogens (primary N) is 1. The molecule has 2 saturated heterocycles. The van der Waals surface area contributed by atoms with Gasteiger partial charge in [0.1, 0.15) is 18.1 Å². The maximum Gasteiger partial charge on any atom is 0.325 e. The van der Waals surface area contributed by atoms with Gasteiger partial charge in [0.2, 0.25) is 11.8 Å². The number of aliphatic carboxylic acids is 1. The van der Waals surface area contributed by atoms with Crippen molar-refractivity contribution in [3.63, 3.8) is 0 Å². The quantitative estimate of drug-likeness (QED) is 0.260. The predicted octanol–water partition coefficient (Wildman–Crippen LogP) is -1.01. The van der Waals surface area contributed by atoms with Gasteiger partial charge in [-0.25, -0.2) is 4.79 Å². The highest BCUT2D eigenvalue weighted by Gasteiger charge is 2.49. The van der Waals surface area contributed by atoms with Crippen LogP contribution in [-0.4, -0.2) is 92.4 Å². The normalized spacial score (nSPS) is 22.8. The number of primary amides is 1. The van der Waals surface area contributed by atoms with Crippen molar-refractivity contribution in [2.45, 2.75) is 49.0 Å². The van der Waals surface area contributed by atoms with Crippen LogP contribution in [-0.2, 0) is 24.0 Å². The SMILES string of the molecule is CCN1CCN(C(=O)N[C@@H](C(=O)NC(C(N)=O)C2N[C@@H](C(=O)O)C(C)(C)S2)c2ccccc2)C(=O)C1=O. The first-order valence-corrected chi connectivity index (χ1v) is 12.5. The first kappa shape index (κ1) is 27.9. The number of carboxylic acid groups (broad SMARTS) is 1. The topological polar surface area (TPSA) is 191 Å². The van der Waals surface area contributed by atoms with E-state index in [2.05, 4.69) is 16.0 Å². The Hall–Kier alpha value is -3.65. The molecule has 6 amide bonds. The Morgan fingerprint density at radius 1 is 1.14 bits per heavy atom. The van der Waals surface area contributed by atoms with Gasteiger partial charge in [-0.15, -0.1) is 11.8 Å². The Morgan fingerprint density at radius 2 is 1.78 bits per heavy atom. The molecule has 3 rings (SSSR count). The average Bonchev–Trinajstić information content (AvgIpc) is 3.17. The molecule has 0 bridgehead atoms. The highest BCUT2D eigenvalue weighted by Crippen LogP contribution is 2.39. The van der Waals surface area contributed by atoms with E-state index in [4.69, 9.17) is 5.73 Å². The minimum absolute atomic E-state index is 0.0500. The van der Waals surface area contributed by atoms with E-state index in [1.807, 2.05) is 0 Å². The number of hydrogen-bond donors (Lipinski definition) is 5. The number of thioether (sulfide) groups is 1. The lowest BCUT2D eigenvalue weighted by Gasteiger charge is -2.33. The Balaban J connectivity index is 1.82. The molecule has 200 valence electrons. The van der Waals surface area contributed by atoms with Crippen LogP contribution in [0.1, 0.15) is 32.4 Å². The Labute approximate surface area is 217 Å². The fourth-order valence-corrected chi connectivity index (χ4v) is 5.68. The van der Waals surface area contributed by atoms with Crippen LogP contribution in [0.3, 0.4) is 0 Å². The molecule has 1 aromatic rings. The third-order valence-corrected chi connectivity index (χ3v) is 7.71. The minimum Gasteiger partial charge on any atom is -0.480 e. The summed E-state index contributed by atoms with van der Waals surface area (Å²) in [5.41, 5.74) is 5.90. The Bertz CT molecular complexity index is 1100. The number of nitrogens with one attached hydrogen (secondary N) is 3. The zero-order chi connectivity index (χ0) is 27.5. The summed E-state index contributed by atoms with van der Waals surface area (Å²) in [6.07, 6.45) is 0. The van der Waals surface area contributed by atoms with Crippen LogP contribution in [0, 0.1) is 0 Å². The molecule has 0 aliphatic carbocycles. The lowest BCUT2D eigenvalue weighted by molar-refractivity contribution is -0.153.